The summed E-state index contributed by atoms with van der Waals surface area (Å²) in [6, 6.07) is 28.7. The van der Waals surface area contributed by atoms with Crippen LogP contribution in [-0.2, 0) is 38.3 Å². The first-order chi connectivity index (χ1) is 24.6. The van der Waals surface area contributed by atoms with Gasteiger partial charge in [-0.2, -0.15) is 11.2 Å². The van der Waals surface area contributed by atoms with Gasteiger partial charge in [0.2, 0.25) is 0 Å². The van der Waals surface area contributed by atoms with Crippen molar-refractivity contribution >= 4 is 21.8 Å². The molecule has 3 aromatic heterocycles. The maximum Gasteiger partial charge on any atom is 2.00 e. The molecule has 3 aromatic carbocycles. The van der Waals surface area contributed by atoms with Crippen molar-refractivity contribution < 1.29 is 25.8 Å². The first kappa shape index (κ1) is 38.8. The third-order valence-corrected chi connectivity index (χ3v) is 10.8. The molecule has 0 radical (unpaired) electrons. The Labute approximate surface area is 331 Å². The van der Waals surface area contributed by atoms with Crippen LogP contribution in [0.3, 0.4) is 0 Å². The van der Waals surface area contributed by atoms with Crippen LogP contribution in [0.2, 0.25) is 0 Å². The van der Waals surface area contributed by atoms with Gasteiger partial charge in [-0.3, -0.25) is 4.68 Å². The fraction of sp³-hybridized carbons (Fsp3) is 0.404. The molecule has 0 saturated heterocycles. The molecule has 0 aliphatic heterocycles. The van der Waals surface area contributed by atoms with Gasteiger partial charge in [0, 0.05) is 40.1 Å². The Morgan fingerprint density at radius 1 is 0.868 bits per heavy atom. The maximum absolute atomic E-state index is 6.76. The van der Waals surface area contributed by atoms with E-state index in [0.717, 1.165) is 57.4 Å². The predicted octanol–water partition coefficient (Wildman–Crippen LogP) is 12.3. The Bertz CT molecular complexity index is 2310. The third-order valence-electron chi connectivity index (χ3n) is 10.8. The van der Waals surface area contributed by atoms with Gasteiger partial charge in [0.1, 0.15) is 5.82 Å². The van der Waals surface area contributed by atoms with Crippen LogP contribution in [0, 0.1) is 30.9 Å². The molecule has 278 valence electrons. The molecule has 0 N–H and O–H groups in total. The Hall–Kier alpha value is -3.95. The topological polar surface area (TPSA) is 44.9 Å². The van der Waals surface area contributed by atoms with Crippen molar-refractivity contribution in [2.45, 2.75) is 112 Å². The number of nitrogens with zero attached hydrogens (tertiary/aromatic N) is 4. The number of para-hydroxylation sites is 1. The minimum absolute atomic E-state index is 0. The fourth-order valence-corrected chi connectivity index (χ4v) is 8.56. The quantitative estimate of drug-likeness (QED) is 0.119. The van der Waals surface area contributed by atoms with Crippen molar-refractivity contribution in [1.29, 1.82) is 0 Å². The molecule has 7 rings (SSSR count). The van der Waals surface area contributed by atoms with Crippen molar-refractivity contribution in [3.05, 3.63) is 119 Å². The van der Waals surface area contributed by atoms with Crippen molar-refractivity contribution in [3.8, 4) is 23.0 Å². The van der Waals surface area contributed by atoms with Gasteiger partial charge >= 0.3 is 21.1 Å². The molecule has 53 heavy (non-hydrogen) atoms. The minimum Gasteiger partial charge on any atom is -0.509 e. The number of rotatable bonds is 7. The van der Waals surface area contributed by atoms with Gasteiger partial charge in [0.05, 0.1) is 11.4 Å². The molecule has 0 fully saturated rings. The van der Waals surface area contributed by atoms with Crippen LogP contribution in [0.25, 0.3) is 33.3 Å². The molecule has 3 atom stereocenters. The molecule has 1 aliphatic rings. The number of hydrogen-bond donors (Lipinski definition) is 0. The predicted molar refractivity (Wildman–Crippen MR) is 215 cm³/mol. The number of benzene rings is 3. The number of pyridine rings is 1. The number of hydrogen-bond acceptors (Lipinski definition) is 3. The molecule has 6 heteroatoms. The number of fused-ring (bicyclic) bond motifs is 3. The Morgan fingerprint density at radius 3 is 2.32 bits per heavy atom. The summed E-state index contributed by atoms with van der Waals surface area (Å²) in [5.74, 6) is 3.64. The van der Waals surface area contributed by atoms with Gasteiger partial charge in [-0.1, -0.05) is 104 Å². The molecule has 6 aromatic rings. The summed E-state index contributed by atoms with van der Waals surface area (Å²) in [4.78, 5) is 4.83. The van der Waals surface area contributed by atoms with Crippen LogP contribution in [-0.4, -0.2) is 19.3 Å². The average molecular weight is 886 g/mol. The van der Waals surface area contributed by atoms with E-state index in [4.69, 9.17) is 14.8 Å². The molecular formula is C47H54N4OPt. The second kappa shape index (κ2) is 14.7. The number of aromatic nitrogens is 4. The van der Waals surface area contributed by atoms with Crippen molar-refractivity contribution in [2.75, 3.05) is 0 Å². The third kappa shape index (κ3) is 7.44. The van der Waals surface area contributed by atoms with Crippen LogP contribution >= 0.6 is 0 Å². The summed E-state index contributed by atoms with van der Waals surface area (Å²) in [6.07, 6.45) is 7.66. The van der Waals surface area contributed by atoms with Gasteiger partial charge in [-0.25, -0.2) is 4.98 Å². The van der Waals surface area contributed by atoms with Crippen LogP contribution < -0.4 is 4.74 Å². The van der Waals surface area contributed by atoms with Crippen LogP contribution in [0.1, 0.15) is 116 Å². The molecule has 0 spiro atoms. The normalized spacial score (nSPS) is 17.9. The summed E-state index contributed by atoms with van der Waals surface area (Å²) >= 11 is 0. The van der Waals surface area contributed by atoms with E-state index >= 15 is 0 Å². The van der Waals surface area contributed by atoms with Gasteiger partial charge in [0.25, 0.3) is 0 Å². The van der Waals surface area contributed by atoms with E-state index < -0.39 is 0 Å². The molecule has 5 nitrogen and oxygen atoms in total. The van der Waals surface area contributed by atoms with E-state index in [1.54, 1.807) is 0 Å². The maximum atomic E-state index is 6.76. The molecule has 1 aliphatic carbocycles. The van der Waals surface area contributed by atoms with E-state index in [1.165, 1.54) is 28.8 Å². The van der Waals surface area contributed by atoms with Gasteiger partial charge in [0.15, 0.2) is 0 Å². The van der Waals surface area contributed by atoms with Crippen LogP contribution in [0.4, 0.5) is 0 Å². The second-order valence-corrected chi connectivity index (χ2v) is 17.3. The van der Waals surface area contributed by atoms with E-state index in [9.17, 15) is 0 Å². The SMILES string of the molecule is CCCc1ccnc(-n2c3[c-]c(Oc4[c-]c(-n5nc(C)c(C6C(C)=C[C@H](C)C[C@@H]6C)c5C(C)(C)C)cc(C(C)(C)C)c4)ccc3c3ccccc32)c1.[Pt+2]. The summed E-state index contributed by atoms with van der Waals surface area (Å²) in [6.45, 7) is 25.1. The Balaban J connectivity index is 0.00000481. The largest absolute Gasteiger partial charge is 2.00 e. The van der Waals surface area contributed by atoms with E-state index in [-0.39, 0.29) is 31.9 Å². The van der Waals surface area contributed by atoms with Crippen molar-refractivity contribution in [3.63, 3.8) is 0 Å². The molecule has 0 amide bonds. The number of ether oxygens (including phenoxy) is 1. The second-order valence-electron chi connectivity index (χ2n) is 17.3. The standard InChI is InChI=1S/C47H54N4O.Pt/c1-12-15-33-20-21-48-42(24-33)50-40-17-14-13-16-38(40)39-19-18-36(28-41(39)50)52-37-26-34(46(6,7)8)25-35(27-37)51-45(47(9,10)11)44(32(5)49-51)43-30(3)22-29(2)23-31(43)4;/h13-14,16-22,24-26,29,31,43H,12,15,23H2,1-11H3;/q-2;+2/t29-,31-,43?;/m0./s1. The monoisotopic (exact) mass is 885 g/mol. The molecule has 1 unspecified atom stereocenters. The van der Waals surface area contributed by atoms with Crippen LogP contribution in [0.5, 0.6) is 11.5 Å². The molecule has 0 bridgehead atoms. The van der Waals surface area contributed by atoms with Crippen LogP contribution in [0.15, 0.2) is 78.5 Å². The zero-order valence-corrected chi connectivity index (χ0v) is 35.6. The van der Waals surface area contributed by atoms with E-state index in [2.05, 4.69) is 158 Å². The average Bonchev–Trinajstić information content (AvgIpc) is 3.59. The summed E-state index contributed by atoms with van der Waals surface area (Å²) in [7, 11) is 0. The summed E-state index contributed by atoms with van der Waals surface area (Å²) in [5, 5.41) is 7.58. The minimum atomic E-state index is -0.152. The zero-order chi connectivity index (χ0) is 37.1. The number of aryl methyl sites for hydroxylation is 2. The molecular weight excluding hydrogens is 832 g/mol. The van der Waals surface area contributed by atoms with E-state index in [1.807, 2.05) is 12.3 Å². The first-order valence-electron chi connectivity index (χ1n) is 19.1. The Morgan fingerprint density at radius 2 is 1.62 bits per heavy atom. The van der Waals surface area contributed by atoms with Crippen molar-refractivity contribution in [1.82, 2.24) is 19.3 Å². The van der Waals surface area contributed by atoms with Crippen molar-refractivity contribution in [2.24, 2.45) is 11.8 Å². The smallest absolute Gasteiger partial charge is 0.509 e. The number of allylic oxidation sites excluding steroid dienone is 2. The summed E-state index contributed by atoms with van der Waals surface area (Å²) in [5.41, 5.74) is 10.2. The van der Waals surface area contributed by atoms with Gasteiger partial charge in [-0.15, -0.1) is 41.3 Å². The van der Waals surface area contributed by atoms with Gasteiger partial charge < -0.3 is 9.30 Å². The first-order valence-corrected chi connectivity index (χ1v) is 19.1. The zero-order valence-electron chi connectivity index (χ0n) is 33.3. The van der Waals surface area contributed by atoms with E-state index in [0.29, 0.717) is 29.3 Å². The Kier molecular flexibility index (Phi) is 10.8. The molecule has 0 saturated carbocycles. The molecule has 3 heterocycles. The van der Waals surface area contributed by atoms with Gasteiger partial charge in [-0.05, 0) is 78.8 Å². The fourth-order valence-electron chi connectivity index (χ4n) is 8.56. The summed E-state index contributed by atoms with van der Waals surface area (Å²) < 4.78 is 11.1.